The molecular weight excluding hydrogens is 84.9 g/mol. The summed E-state index contributed by atoms with van der Waals surface area (Å²) in [6, 6.07) is 0. The summed E-state index contributed by atoms with van der Waals surface area (Å²) in [5.74, 6) is 0.597. The number of rotatable bonds is 0. The monoisotopic (exact) mass is 96.1 g/mol. The number of hydrogen-bond donors (Lipinski definition) is 0. The molecule has 1 fully saturated rings. The van der Waals surface area contributed by atoms with Crippen LogP contribution in [0.2, 0.25) is 0 Å². The fourth-order valence-electron chi connectivity index (χ4n) is 0.979. The summed E-state index contributed by atoms with van der Waals surface area (Å²) < 4.78 is 0. The van der Waals surface area contributed by atoms with Crippen LogP contribution in [-0.4, -0.2) is 32.3 Å². The van der Waals surface area contributed by atoms with Gasteiger partial charge in [-0.05, 0) is 32.4 Å². The first-order valence-electron chi connectivity index (χ1n) is 2.84. The lowest BCUT2D eigenvalue weighted by atomic mass is 9.95. The molecule has 1 unspecified atom stereocenters. The summed E-state index contributed by atoms with van der Waals surface area (Å²) in [6.45, 7) is 1.24. The van der Waals surface area contributed by atoms with E-state index in [1.165, 1.54) is 19.4 Å². The largest absolute Gasteiger partial charge is 0.312 e. The minimum atomic E-state index is 0.597. The Bertz CT molecular complexity index is 57.1. The van der Waals surface area contributed by atoms with Gasteiger partial charge in [0.25, 0.3) is 0 Å². The molecule has 1 radical (unpaired) electrons. The molecule has 0 aliphatic carbocycles. The van der Waals surface area contributed by atoms with E-state index in [0.29, 0.717) is 5.94 Å². The molecule has 2 heteroatoms. The SMILES string of the molecule is [BH]C1CCCN1C. The van der Waals surface area contributed by atoms with Crippen molar-refractivity contribution in [3.05, 3.63) is 0 Å². The normalized spacial score (nSPS) is 34.1. The second-order valence-electron chi connectivity index (χ2n) is 2.28. The fourth-order valence-corrected chi connectivity index (χ4v) is 0.979. The third-order valence-corrected chi connectivity index (χ3v) is 1.67. The highest BCUT2D eigenvalue weighted by Gasteiger charge is 2.14. The number of hydrogen-bond acceptors (Lipinski definition) is 1. The molecule has 0 amide bonds. The molecule has 7 heavy (non-hydrogen) atoms. The maximum absolute atomic E-state index is 3.94. The molecule has 0 aromatic rings. The molecule has 0 saturated carbocycles. The lowest BCUT2D eigenvalue weighted by Crippen LogP contribution is -2.24. The Morgan fingerprint density at radius 3 is 2.57 bits per heavy atom. The van der Waals surface area contributed by atoms with Crippen molar-refractivity contribution >= 4 is 7.85 Å². The van der Waals surface area contributed by atoms with Gasteiger partial charge in [-0.1, -0.05) is 0 Å². The van der Waals surface area contributed by atoms with Crippen LogP contribution in [0, 0.1) is 0 Å². The lowest BCUT2D eigenvalue weighted by Gasteiger charge is -2.12. The molecule has 0 bridgehead atoms. The van der Waals surface area contributed by atoms with Gasteiger partial charge < -0.3 is 4.90 Å². The van der Waals surface area contributed by atoms with Crippen molar-refractivity contribution in [2.24, 2.45) is 0 Å². The van der Waals surface area contributed by atoms with Gasteiger partial charge in [0.15, 0.2) is 0 Å². The average molecular weight is 96.0 g/mol. The Balaban J connectivity index is 2.33. The van der Waals surface area contributed by atoms with Crippen molar-refractivity contribution in [1.82, 2.24) is 4.90 Å². The van der Waals surface area contributed by atoms with Crippen LogP contribution in [0.15, 0.2) is 0 Å². The van der Waals surface area contributed by atoms with E-state index >= 15 is 0 Å². The lowest BCUT2D eigenvalue weighted by molar-refractivity contribution is 0.385. The first-order chi connectivity index (χ1) is 3.30. The summed E-state index contributed by atoms with van der Waals surface area (Å²) in [5.41, 5.74) is 0. The van der Waals surface area contributed by atoms with E-state index in [9.17, 15) is 0 Å². The summed E-state index contributed by atoms with van der Waals surface area (Å²) in [7, 11) is 6.07. The molecule has 0 aromatic carbocycles. The van der Waals surface area contributed by atoms with Crippen molar-refractivity contribution in [2.75, 3.05) is 13.6 Å². The maximum atomic E-state index is 3.94. The van der Waals surface area contributed by atoms with Crippen LogP contribution in [0.25, 0.3) is 0 Å². The molecule has 39 valence electrons. The van der Waals surface area contributed by atoms with Crippen molar-refractivity contribution in [3.8, 4) is 0 Å². The number of likely N-dealkylation sites (tertiary alicyclic amines) is 1. The molecule has 1 aliphatic rings. The Morgan fingerprint density at radius 1 is 1.71 bits per heavy atom. The predicted molar refractivity (Wildman–Crippen MR) is 32.8 cm³/mol. The van der Waals surface area contributed by atoms with Crippen LogP contribution < -0.4 is 0 Å². The van der Waals surface area contributed by atoms with Crippen molar-refractivity contribution < 1.29 is 0 Å². The maximum Gasteiger partial charge on any atom is 0.111 e. The van der Waals surface area contributed by atoms with E-state index in [4.69, 9.17) is 0 Å². The van der Waals surface area contributed by atoms with Crippen LogP contribution in [0.4, 0.5) is 0 Å². The van der Waals surface area contributed by atoms with Crippen molar-refractivity contribution in [1.29, 1.82) is 0 Å². The minimum absolute atomic E-state index is 0.597. The molecule has 1 saturated heterocycles. The van der Waals surface area contributed by atoms with E-state index in [2.05, 4.69) is 19.8 Å². The van der Waals surface area contributed by atoms with E-state index in [1.807, 2.05) is 0 Å². The van der Waals surface area contributed by atoms with Crippen molar-refractivity contribution in [2.45, 2.75) is 18.8 Å². The van der Waals surface area contributed by atoms with Gasteiger partial charge in [-0.2, -0.15) is 0 Å². The highest BCUT2D eigenvalue weighted by Crippen LogP contribution is 2.09. The van der Waals surface area contributed by atoms with Gasteiger partial charge in [0.2, 0.25) is 0 Å². The van der Waals surface area contributed by atoms with Gasteiger partial charge in [-0.25, -0.2) is 0 Å². The van der Waals surface area contributed by atoms with Gasteiger partial charge in [-0.15, -0.1) is 0 Å². The highest BCUT2D eigenvalue weighted by molar-refractivity contribution is 6.11. The third kappa shape index (κ3) is 0.971. The Morgan fingerprint density at radius 2 is 2.43 bits per heavy atom. The summed E-state index contributed by atoms with van der Waals surface area (Å²) in [4.78, 5) is 2.29. The Hall–Kier alpha value is 0.0249. The van der Waals surface area contributed by atoms with Gasteiger partial charge in [-0.3, -0.25) is 0 Å². The van der Waals surface area contributed by atoms with Gasteiger partial charge in [0, 0.05) is 0 Å². The van der Waals surface area contributed by atoms with Crippen LogP contribution in [0.5, 0.6) is 0 Å². The summed E-state index contributed by atoms with van der Waals surface area (Å²) in [5, 5.41) is 0. The average Bonchev–Trinajstić information content (AvgIpc) is 1.91. The highest BCUT2D eigenvalue weighted by atomic mass is 15.1. The zero-order chi connectivity index (χ0) is 5.28. The quantitative estimate of drug-likeness (QED) is 0.382. The van der Waals surface area contributed by atoms with Gasteiger partial charge in [0.1, 0.15) is 7.85 Å². The van der Waals surface area contributed by atoms with Crippen LogP contribution >= 0.6 is 0 Å². The van der Waals surface area contributed by atoms with Gasteiger partial charge in [0.05, 0.1) is 0 Å². The first kappa shape index (κ1) is 5.17. The Labute approximate surface area is 46.1 Å². The van der Waals surface area contributed by atoms with E-state index in [1.54, 1.807) is 0 Å². The standard InChI is InChI=1S/C5H11BN/c1-7-4-2-3-5(7)6/h5-6H,2-4H2,1H3. The van der Waals surface area contributed by atoms with Crippen LogP contribution in [0.1, 0.15) is 12.8 Å². The number of nitrogens with zero attached hydrogens (tertiary/aromatic N) is 1. The van der Waals surface area contributed by atoms with Crippen molar-refractivity contribution in [3.63, 3.8) is 0 Å². The second-order valence-corrected chi connectivity index (χ2v) is 2.28. The summed E-state index contributed by atoms with van der Waals surface area (Å²) in [6.07, 6.45) is 2.63. The smallest absolute Gasteiger partial charge is 0.111 e. The van der Waals surface area contributed by atoms with E-state index in [-0.39, 0.29) is 0 Å². The van der Waals surface area contributed by atoms with Crippen LogP contribution in [0.3, 0.4) is 0 Å². The topological polar surface area (TPSA) is 3.24 Å². The molecule has 1 nitrogen and oxygen atoms in total. The molecule has 1 aliphatic heterocycles. The molecule has 0 spiro atoms. The molecular formula is C5H11BN. The van der Waals surface area contributed by atoms with E-state index < -0.39 is 0 Å². The molecule has 1 atom stereocenters. The second kappa shape index (κ2) is 1.87. The summed E-state index contributed by atoms with van der Waals surface area (Å²) >= 11 is 0. The zero-order valence-corrected chi connectivity index (χ0v) is 4.85. The first-order valence-corrected chi connectivity index (χ1v) is 2.84. The zero-order valence-electron chi connectivity index (χ0n) is 4.85. The molecule has 0 aromatic heterocycles. The van der Waals surface area contributed by atoms with E-state index in [0.717, 1.165) is 0 Å². The van der Waals surface area contributed by atoms with Crippen LogP contribution in [-0.2, 0) is 0 Å². The molecule has 1 rings (SSSR count). The minimum Gasteiger partial charge on any atom is -0.312 e. The predicted octanol–water partition coefficient (Wildman–Crippen LogP) is -0.0611. The molecule has 0 N–H and O–H groups in total. The Kier molecular flexibility index (Phi) is 1.38. The van der Waals surface area contributed by atoms with Gasteiger partial charge >= 0.3 is 0 Å². The third-order valence-electron chi connectivity index (χ3n) is 1.67. The molecule has 1 heterocycles. The fraction of sp³-hybridized carbons (Fsp3) is 1.00.